The van der Waals surface area contributed by atoms with Crippen molar-refractivity contribution in [3.8, 4) is 0 Å². The van der Waals surface area contributed by atoms with Crippen LogP contribution in [-0.4, -0.2) is 16.0 Å². The smallest absolute Gasteiger partial charge is 0.0381 e. The maximum Gasteiger partial charge on any atom is 0.0381 e. The lowest BCUT2D eigenvalue weighted by Gasteiger charge is -2.50. The first-order valence-corrected chi connectivity index (χ1v) is 4.03. The van der Waals surface area contributed by atoms with Crippen molar-refractivity contribution in [2.24, 2.45) is 5.41 Å². The van der Waals surface area contributed by atoms with Crippen molar-refractivity contribution in [1.82, 2.24) is 5.23 Å². The molecule has 0 heterocycles. The minimum absolute atomic E-state index is 0.0364. The third kappa shape index (κ3) is 2.06. The van der Waals surface area contributed by atoms with E-state index in [1.165, 1.54) is 0 Å². The van der Waals surface area contributed by atoms with E-state index in [9.17, 15) is 5.21 Å². The second-order valence-corrected chi connectivity index (χ2v) is 4.29. The molecular formula is C9H18NO2-. The highest BCUT2D eigenvalue weighted by molar-refractivity contribution is 4.98. The van der Waals surface area contributed by atoms with E-state index in [1.54, 1.807) is 13.0 Å². The van der Waals surface area contributed by atoms with Crippen LogP contribution in [0.15, 0.2) is 12.7 Å². The molecular weight excluding hydrogens is 154 g/mol. The van der Waals surface area contributed by atoms with Crippen molar-refractivity contribution < 1.29 is 5.21 Å². The highest BCUT2D eigenvalue weighted by atomic mass is 16.8. The Hall–Kier alpha value is -0.380. The van der Waals surface area contributed by atoms with Gasteiger partial charge in [-0.25, -0.2) is 0 Å². The number of hydrogen-bond acceptors (Lipinski definition) is 3. The predicted octanol–water partition coefficient (Wildman–Crippen LogP) is 2.56. The standard InChI is InChI=1S/C9H18NO2/c1-6-7-9(5,10(11)12)8(2,3)4/h6,11H,1,7H2,2-5H3/q-1. The Labute approximate surface area is 74.2 Å². The number of hydroxylamine groups is 2. The molecule has 1 N–H and O–H groups in total. The first-order chi connectivity index (χ1) is 5.25. The summed E-state index contributed by atoms with van der Waals surface area (Å²) in [7, 11) is 0. The van der Waals surface area contributed by atoms with Crippen LogP contribution in [0, 0.1) is 10.6 Å². The van der Waals surface area contributed by atoms with Crippen LogP contribution in [0.4, 0.5) is 0 Å². The minimum Gasteiger partial charge on any atom is -0.762 e. The zero-order valence-corrected chi connectivity index (χ0v) is 8.29. The van der Waals surface area contributed by atoms with Gasteiger partial charge in [0.05, 0.1) is 0 Å². The molecule has 12 heavy (non-hydrogen) atoms. The summed E-state index contributed by atoms with van der Waals surface area (Å²) >= 11 is 0. The van der Waals surface area contributed by atoms with E-state index < -0.39 is 5.54 Å². The third-order valence-corrected chi connectivity index (χ3v) is 2.58. The second kappa shape index (κ2) is 3.56. The molecule has 0 radical (unpaired) electrons. The van der Waals surface area contributed by atoms with Gasteiger partial charge in [-0.3, -0.25) is 5.23 Å². The summed E-state index contributed by atoms with van der Waals surface area (Å²) in [5, 5.41) is 19.9. The van der Waals surface area contributed by atoms with Crippen molar-refractivity contribution >= 4 is 0 Å². The Bertz CT molecular complexity index is 160. The molecule has 3 heteroatoms. The van der Waals surface area contributed by atoms with Gasteiger partial charge in [-0.05, 0) is 18.8 Å². The lowest BCUT2D eigenvalue weighted by molar-refractivity contribution is -0.162. The predicted molar refractivity (Wildman–Crippen MR) is 49.7 cm³/mol. The fraction of sp³-hybridized carbons (Fsp3) is 0.778. The van der Waals surface area contributed by atoms with Crippen molar-refractivity contribution in [3.05, 3.63) is 17.9 Å². The summed E-state index contributed by atoms with van der Waals surface area (Å²) in [4.78, 5) is 0. The summed E-state index contributed by atoms with van der Waals surface area (Å²) in [5.74, 6) is 0. The van der Waals surface area contributed by atoms with Gasteiger partial charge in [-0.1, -0.05) is 26.8 Å². The van der Waals surface area contributed by atoms with Crippen LogP contribution >= 0.6 is 0 Å². The fourth-order valence-corrected chi connectivity index (χ4v) is 0.952. The van der Waals surface area contributed by atoms with E-state index in [-0.39, 0.29) is 10.6 Å². The largest absolute Gasteiger partial charge is 0.762 e. The van der Waals surface area contributed by atoms with Crippen LogP contribution in [-0.2, 0) is 0 Å². The molecule has 0 aromatic heterocycles. The highest BCUT2D eigenvalue weighted by Gasteiger charge is 2.37. The average molecular weight is 172 g/mol. The SMILES string of the molecule is C=CCC(C)(N([O-])O)C(C)(C)C. The molecule has 0 rings (SSSR count). The number of hydrogen-bond donors (Lipinski definition) is 1. The molecule has 0 aromatic carbocycles. The molecule has 3 nitrogen and oxygen atoms in total. The zero-order chi connectivity index (χ0) is 9.99. The third-order valence-electron chi connectivity index (χ3n) is 2.58. The van der Waals surface area contributed by atoms with E-state index in [0.717, 1.165) is 0 Å². The Balaban J connectivity index is 4.73. The molecule has 1 atom stereocenters. The van der Waals surface area contributed by atoms with Crippen LogP contribution in [0.1, 0.15) is 34.1 Å². The van der Waals surface area contributed by atoms with E-state index >= 15 is 0 Å². The van der Waals surface area contributed by atoms with Gasteiger partial charge < -0.3 is 10.4 Å². The molecule has 0 amide bonds. The molecule has 1 unspecified atom stereocenters. The van der Waals surface area contributed by atoms with Crippen molar-refractivity contribution in [2.75, 3.05) is 0 Å². The molecule has 0 spiro atoms. The van der Waals surface area contributed by atoms with Gasteiger partial charge in [-0.15, -0.1) is 6.58 Å². The molecule has 0 aliphatic carbocycles. The lowest BCUT2D eigenvalue weighted by Crippen LogP contribution is -2.50. The lowest BCUT2D eigenvalue weighted by atomic mass is 9.73. The normalized spacial score (nSPS) is 17.6. The minimum atomic E-state index is -0.797. The monoisotopic (exact) mass is 172 g/mol. The molecule has 0 fully saturated rings. The van der Waals surface area contributed by atoms with Crippen LogP contribution in [0.25, 0.3) is 0 Å². The van der Waals surface area contributed by atoms with Gasteiger partial charge in [0.25, 0.3) is 0 Å². The first-order valence-electron chi connectivity index (χ1n) is 4.03. The van der Waals surface area contributed by atoms with Crippen molar-refractivity contribution in [2.45, 2.75) is 39.7 Å². The topological polar surface area (TPSA) is 46.5 Å². The van der Waals surface area contributed by atoms with Crippen molar-refractivity contribution in [3.63, 3.8) is 0 Å². The van der Waals surface area contributed by atoms with Gasteiger partial charge in [0, 0.05) is 5.54 Å². The molecule has 72 valence electrons. The Morgan fingerprint density at radius 1 is 1.42 bits per heavy atom. The second-order valence-electron chi connectivity index (χ2n) is 4.29. The van der Waals surface area contributed by atoms with Gasteiger partial charge in [-0.2, -0.15) is 0 Å². The van der Waals surface area contributed by atoms with Crippen LogP contribution in [0.3, 0.4) is 0 Å². The van der Waals surface area contributed by atoms with E-state index in [4.69, 9.17) is 5.21 Å². The average Bonchev–Trinajstić information content (AvgIpc) is 1.85. The molecule has 0 aliphatic rings. The maximum atomic E-state index is 10.9. The summed E-state index contributed by atoms with van der Waals surface area (Å²) in [6, 6.07) is 0. The van der Waals surface area contributed by atoms with Crippen molar-refractivity contribution in [1.29, 1.82) is 0 Å². The number of nitrogens with zero attached hydrogens (tertiary/aromatic N) is 1. The van der Waals surface area contributed by atoms with Gasteiger partial charge in [0.2, 0.25) is 0 Å². The van der Waals surface area contributed by atoms with Gasteiger partial charge in [0.1, 0.15) is 0 Å². The summed E-state index contributed by atoms with van der Waals surface area (Å²) in [6.45, 7) is 11.0. The summed E-state index contributed by atoms with van der Waals surface area (Å²) in [6.07, 6.45) is 2.11. The summed E-state index contributed by atoms with van der Waals surface area (Å²) < 4.78 is 0. The first kappa shape index (κ1) is 11.6. The highest BCUT2D eigenvalue weighted by Crippen LogP contribution is 2.37. The molecule has 0 saturated carbocycles. The van der Waals surface area contributed by atoms with Crippen LogP contribution < -0.4 is 0 Å². The van der Waals surface area contributed by atoms with E-state index in [2.05, 4.69) is 6.58 Å². The number of rotatable bonds is 3. The Morgan fingerprint density at radius 3 is 1.92 bits per heavy atom. The molecule has 0 bridgehead atoms. The maximum absolute atomic E-state index is 10.9. The van der Waals surface area contributed by atoms with Gasteiger partial charge >= 0.3 is 0 Å². The van der Waals surface area contributed by atoms with E-state index in [1.807, 2.05) is 20.8 Å². The fourth-order valence-electron chi connectivity index (χ4n) is 0.952. The summed E-state index contributed by atoms with van der Waals surface area (Å²) in [5.41, 5.74) is -1.08. The van der Waals surface area contributed by atoms with E-state index in [0.29, 0.717) is 6.42 Å². The molecule has 0 saturated heterocycles. The Morgan fingerprint density at radius 2 is 1.83 bits per heavy atom. The van der Waals surface area contributed by atoms with Crippen LogP contribution in [0.5, 0.6) is 0 Å². The molecule has 0 aromatic rings. The van der Waals surface area contributed by atoms with Gasteiger partial charge in [0.15, 0.2) is 0 Å². The quantitative estimate of drug-likeness (QED) is 0.525. The Kier molecular flexibility index (Phi) is 3.45. The van der Waals surface area contributed by atoms with Crippen LogP contribution in [0.2, 0.25) is 0 Å². The zero-order valence-electron chi connectivity index (χ0n) is 8.29. The molecule has 0 aliphatic heterocycles.